The molecule has 12 unspecified atom stereocenters. The minimum Gasteiger partial charge on any atom is -0.508 e. The Kier molecular flexibility index (Phi) is 31.7. The number of phenols is 3. The summed E-state index contributed by atoms with van der Waals surface area (Å²) in [5, 5.41) is 81.5. The predicted molar refractivity (Wildman–Crippen MR) is 559 cm³/mol. The number of halogens is 6. The Balaban J connectivity index is 0.000000112. The number of amides is 1. The zero-order chi connectivity index (χ0) is 104. The molecule has 6 saturated heterocycles. The Morgan fingerprint density at radius 2 is 0.859 bits per heavy atom. The molecule has 0 spiro atoms. The first-order chi connectivity index (χ1) is 72.0. The van der Waals surface area contributed by atoms with E-state index in [0.717, 1.165) is 113 Å². The van der Waals surface area contributed by atoms with Crippen molar-refractivity contribution in [1.29, 1.82) is 15.8 Å². The van der Waals surface area contributed by atoms with E-state index in [1.54, 1.807) is 54.6 Å². The van der Waals surface area contributed by atoms with Gasteiger partial charge in [0.1, 0.15) is 110 Å². The van der Waals surface area contributed by atoms with Crippen molar-refractivity contribution in [1.82, 2.24) is 0 Å². The lowest BCUT2D eigenvalue weighted by Gasteiger charge is -2.43. The average Bonchev–Trinajstić information content (AvgIpc) is 1.69. The number of carbonyl (C=O) groups excluding carboxylic acids is 1. The smallest absolute Gasteiger partial charge is 0.416 e. The summed E-state index contributed by atoms with van der Waals surface area (Å²) < 4.78 is 117. The topological polar surface area (TPSA) is 353 Å². The number of methoxy groups -OCH3 is 1. The lowest BCUT2D eigenvalue weighted by atomic mass is 9.82. The zero-order valence-electron chi connectivity index (χ0n) is 82.9. The van der Waals surface area contributed by atoms with Gasteiger partial charge in [-0.15, -0.1) is 0 Å². The van der Waals surface area contributed by atoms with E-state index in [4.69, 9.17) is 107 Å². The van der Waals surface area contributed by atoms with Crippen molar-refractivity contribution in [3.63, 3.8) is 0 Å². The highest BCUT2D eigenvalue weighted by Gasteiger charge is 2.51. The van der Waals surface area contributed by atoms with E-state index in [-0.39, 0.29) is 144 Å². The SMILES string of the molecule is CC(=O)Nc1ccc2c(c1)C1OCCOC1C(c1ccccc1)N2.CC(C)(C)c1ccc2c(c1)[C@@H]1OCCO[C@@H]1[C@@H](c1cccc(O)c1)N2.CC(C)c1ccc2c(c1)C1OCOC1C(c1ccc(O)cc1Cl)N2.COc1cc(Cl)c(C)c2c1NC(c1cc(C(F)(F)F)ccc1Cl)C1OCOC21.N#CCc1ccc2c(c1)C1OCCOC1C(c1cccc(C#N)c1)N2.N#Cc1ccc2c(c1)[C@H]1OCCO[C@H]1[C@H](c1cccc(O)c1)N2. The van der Waals surface area contributed by atoms with Gasteiger partial charge in [-0.3, -0.25) is 4.79 Å². The van der Waals surface area contributed by atoms with Crippen molar-refractivity contribution in [2.75, 3.05) is 111 Å². The molecule has 24 rings (SSSR count). The van der Waals surface area contributed by atoms with Crippen molar-refractivity contribution >= 4 is 80.5 Å². The Morgan fingerprint density at radius 1 is 0.416 bits per heavy atom. The number of nitrogens with zero attached hydrogens (tertiary/aromatic N) is 3. The van der Waals surface area contributed by atoms with E-state index in [1.807, 2.05) is 122 Å². The Hall–Kier alpha value is -13.2. The fourth-order valence-electron chi connectivity index (χ4n) is 21.3. The molecule has 149 heavy (non-hydrogen) atoms. The molecular formula is C116H114Cl3F3N10O17. The minimum atomic E-state index is -4.49. The van der Waals surface area contributed by atoms with Gasteiger partial charge in [-0.1, -0.05) is 173 Å². The maximum Gasteiger partial charge on any atom is 0.416 e. The molecule has 0 bridgehead atoms. The Labute approximate surface area is 877 Å². The number of aromatic hydroxyl groups is 3. The van der Waals surface area contributed by atoms with Gasteiger partial charge in [0.05, 0.1) is 143 Å². The number of anilines is 7. The van der Waals surface area contributed by atoms with E-state index in [2.05, 4.69) is 139 Å². The van der Waals surface area contributed by atoms with Crippen LogP contribution in [0.25, 0.3) is 0 Å². The molecule has 10 N–H and O–H groups in total. The number of alkyl halides is 3. The summed E-state index contributed by atoms with van der Waals surface area (Å²) in [6, 6.07) is 78.2. The van der Waals surface area contributed by atoms with E-state index in [9.17, 15) is 38.5 Å². The first-order valence-electron chi connectivity index (χ1n) is 49.5. The molecule has 18 atom stereocenters. The van der Waals surface area contributed by atoms with Crippen LogP contribution in [0.15, 0.2) is 237 Å². The largest absolute Gasteiger partial charge is 0.508 e. The number of nitrogens with one attached hydrogen (secondary N) is 7. The van der Waals surface area contributed by atoms with E-state index >= 15 is 0 Å². The van der Waals surface area contributed by atoms with Crippen LogP contribution in [0.5, 0.6) is 23.0 Å². The highest BCUT2D eigenvalue weighted by Crippen LogP contribution is 2.56. The van der Waals surface area contributed by atoms with Gasteiger partial charge in [0, 0.05) is 95.6 Å². The number of nitriles is 3. The van der Waals surface area contributed by atoms with Crippen molar-refractivity contribution in [3.8, 4) is 41.2 Å². The molecule has 12 heterocycles. The fraction of sp³-hybridized carbons (Fsp3) is 0.345. The third kappa shape index (κ3) is 22.5. The standard InChI is InChI=1S/C21H25NO3.C20H17N3O2.C19H16Cl2F3NO3.C19H20ClNO3.C19H20N2O3.C18H16N2O3/c1-21(2,3)14-7-8-17-16(12-14)19-20(25-10-9-24-19)18(22-17)13-5-4-6-15(23)11-13;21-7-6-13-4-5-17-16(11-13)19-20(25-9-8-24-19)18(23-17)15-3-1-2-14(10-15)12-22;1-8-12(21)6-13(26-2)16-14(8)17-18(28-7-27-17)15(25-16)10-5-9(19(22,23)24)3-4-11(10)20;1-10(2)11-3-6-16-14(7-11)18-19(24-9-23-18)17(21-16)13-5-4-12(22)8-15(13)20;1-12(22)20-14-7-8-16-15(11-14)18-19(24-10-9-23-18)17(21-16)13-5-3-2-4-6-13;19-10-11-4-5-15-14(8-11)17-18(23-7-6-22-17)16(20-15)12-2-1-3-13(21)9-12/h4-8,11-12,18-20,22-23H,9-10H2,1-3H3;1-5,10-11,18-20,23H,6,8-9H2;3-6,15,17-18,25H,7H2,1-2H3;3-8,10,17-19,21-22H,9H2,1-2H3;2-8,11,17-19,21H,9-10H2,1H3,(H,20,22);1-5,8-9,16-18,20-21H,6-7H2/t18-,19+,20-;;;;;16-,17+,18-/m1....0/s1. The molecule has 0 aromatic heterocycles. The molecule has 0 radical (unpaired) electrons. The summed E-state index contributed by atoms with van der Waals surface area (Å²) in [5.74, 6) is 1.48. The highest BCUT2D eigenvalue weighted by atomic mass is 35.5. The van der Waals surface area contributed by atoms with Crippen LogP contribution in [0.4, 0.5) is 53.0 Å². The number of rotatable bonds is 10. The van der Waals surface area contributed by atoms with Gasteiger partial charge in [0.25, 0.3) is 0 Å². The molecule has 0 aliphatic carbocycles. The number of fused-ring (bicyclic) bond motifs is 18. The van der Waals surface area contributed by atoms with E-state index in [1.165, 1.54) is 36.8 Å². The van der Waals surface area contributed by atoms with Gasteiger partial charge >= 0.3 is 6.18 Å². The molecule has 33 heteroatoms. The lowest BCUT2D eigenvalue weighted by molar-refractivity contribution is -0.151. The first-order valence-corrected chi connectivity index (χ1v) is 50.7. The average molecular weight is 2080 g/mol. The normalized spacial score (nSPS) is 24.9. The molecule has 27 nitrogen and oxygen atoms in total. The third-order valence-electron chi connectivity index (χ3n) is 28.6. The van der Waals surface area contributed by atoms with Crippen LogP contribution in [-0.2, 0) is 79.6 Å². The second-order valence-electron chi connectivity index (χ2n) is 39.4. The molecule has 1 amide bonds. The van der Waals surface area contributed by atoms with Gasteiger partial charge in [-0.25, -0.2) is 0 Å². The van der Waals surface area contributed by atoms with Crippen LogP contribution in [0.1, 0.15) is 226 Å². The molecule has 12 aromatic rings. The van der Waals surface area contributed by atoms with E-state index in [0.29, 0.717) is 97.8 Å². The molecule has 772 valence electrons. The van der Waals surface area contributed by atoms with Crippen molar-refractivity contribution in [2.24, 2.45) is 0 Å². The third-order valence-corrected chi connectivity index (χ3v) is 29.6. The highest BCUT2D eigenvalue weighted by molar-refractivity contribution is 6.32. The summed E-state index contributed by atoms with van der Waals surface area (Å²) in [6.45, 7) is 19.2. The minimum absolute atomic E-state index is 0.0117. The van der Waals surface area contributed by atoms with Gasteiger partial charge < -0.3 is 114 Å². The maximum absolute atomic E-state index is 13.2. The van der Waals surface area contributed by atoms with Crippen LogP contribution in [-0.4, -0.2) is 131 Å². The van der Waals surface area contributed by atoms with Crippen molar-refractivity contribution in [3.05, 3.63) is 357 Å². The second-order valence-corrected chi connectivity index (χ2v) is 40.6. The number of hydrogen-bond acceptors (Lipinski definition) is 26. The predicted octanol–water partition coefficient (Wildman–Crippen LogP) is 24.4. The van der Waals surface area contributed by atoms with Crippen LogP contribution >= 0.6 is 34.8 Å². The monoisotopic (exact) mass is 2080 g/mol. The summed E-state index contributed by atoms with van der Waals surface area (Å²) in [5.41, 5.74) is 22.7. The van der Waals surface area contributed by atoms with Gasteiger partial charge in [-0.05, 0) is 201 Å². The number of hydrogen-bond donors (Lipinski definition) is 10. The quantitative estimate of drug-likeness (QED) is 0.0608. The Bertz CT molecular complexity index is 7050. The molecule has 6 fully saturated rings. The maximum atomic E-state index is 13.2. The summed E-state index contributed by atoms with van der Waals surface area (Å²) in [6.07, 6.45) is -6.70. The summed E-state index contributed by atoms with van der Waals surface area (Å²) in [7, 11) is 1.49. The van der Waals surface area contributed by atoms with Gasteiger partial charge in [0.2, 0.25) is 5.91 Å². The van der Waals surface area contributed by atoms with Gasteiger partial charge in [-0.2, -0.15) is 29.0 Å². The number of phenolic OH excluding ortho intramolecular Hbond substituents is 3. The van der Waals surface area contributed by atoms with Gasteiger partial charge in [0.15, 0.2) is 0 Å². The van der Waals surface area contributed by atoms with Crippen LogP contribution in [0.2, 0.25) is 15.1 Å². The van der Waals surface area contributed by atoms with Crippen molar-refractivity contribution < 1.29 is 94.9 Å². The first kappa shape index (κ1) is 104. The van der Waals surface area contributed by atoms with E-state index < -0.39 is 30.0 Å². The summed E-state index contributed by atoms with van der Waals surface area (Å²) in [4.78, 5) is 11.3. The molecule has 12 aliphatic heterocycles. The fourth-order valence-corrected chi connectivity index (χ4v) is 22.1. The van der Waals surface area contributed by atoms with Crippen LogP contribution in [0, 0.1) is 40.9 Å². The molecule has 12 aromatic carbocycles. The van der Waals surface area contributed by atoms with Crippen LogP contribution in [0.3, 0.4) is 0 Å². The second kappa shape index (κ2) is 45.3. The summed E-state index contributed by atoms with van der Waals surface area (Å²) >= 11 is 18.9. The molecule has 0 saturated carbocycles. The lowest BCUT2D eigenvalue weighted by Crippen LogP contribution is -2.43. The molecule has 12 aliphatic rings. The Morgan fingerprint density at radius 3 is 1.40 bits per heavy atom. The number of ether oxygens (including phenoxy) is 13. The number of benzene rings is 12. The van der Waals surface area contributed by atoms with Crippen LogP contribution < -0.4 is 42.0 Å². The zero-order valence-corrected chi connectivity index (χ0v) is 85.2. The molecular weight excluding hydrogens is 1970 g/mol. The van der Waals surface area contributed by atoms with Crippen molar-refractivity contribution in [2.45, 2.75) is 182 Å². The number of carbonyl (C=O) groups is 1.